The minimum absolute atomic E-state index is 0.0860. The summed E-state index contributed by atoms with van der Waals surface area (Å²) in [5.41, 5.74) is 3.19. The van der Waals surface area contributed by atoms with Crippen LogP contribution in [0.25, 0.3) is 0 Å². The van der Waals surface area contributed by atoms with Crippen molar-refractivity contribution in [3.8, 4) is 0 Å². The number of carbonyl (C=O) groups is 2. The summed E-state index contributed by atoms with van der Waals surface area (Å²) in [6.45, 7) is 6.86. The molecule has 156 valence electrons. The first-order chi connectivity index (χ1) is 13.1. The lowest BCUT2D eigenvalue weighted by atomic mass is 10.0. The molecule has 2 N–H and O–H groups in total. The highest BCUT2D eigenvalue weighted by Gasteiger charge is 2.22. The van der Waals surface area contributed by atoms with Crippen molar-refractivity contribution in [3.63, 3.8) is 0 Å². The Morgan fingerprint density at radius 2 is 1.64 bits per heavy atom. The van der Waals surface area contributed by atoms with Crippen molar-refractivity contribution >= 4 is 21.9 Å². The van der Waals surface area contributed by atoms with Crippen molar-refractivity contribution in [1.29, 1.82) is 0 Å². The molecule has 28 heavy (non-hydrogen) atoms. The maximum absolute atomic E-state index is 12.7. The zero-order chi connectivity index (χ0) is 20.9. The average Bonchev–Trinajstić information content (AvgIpc) is 3.11. The second-order valence-electron chi connectivity index (χ2n) is 7.45. The number of nitrogens with one attached hydrogen (secondary N) is 2. The molecule has 0 radical (unpaired) electrons. The lowest BCUT2D eigenvalue weighted by Crippen LogP contribution is -2.36. The molecule has 1 fully saturated rings. The van der Waals surface area contributed by atoms with Gasteiger partial charge in [0.1, 0.15) is 0 Å². The van der Waals surface area contributed by atoms with Crippen LogP contribution < -0.4 is 10.0 Å². The van der Waals surface area contributed by atoms with Crippen LogP contribution in [0.5, 0.6) is 0 Å². The fourth-order valence-corrected chi connectivity index (χ4v) is 5.14. The van der Waals surface area contributed by atoms with Crippen LogP contribution in [0.2, 0.25) is 0 Å². The van der Waals surface area contributed by atoms with E-state index >= 15 is 0 Å². The van der Waals surface area contributed by atoms with Gasteiger partial charge in [0.25, 0.3) is 5.91 Å². The molecule has 1 aromatic carbocycles. The number of benzene rings is 1. The van der Waals surface area contributed by atoms with E-state index in [1.165, 1.54) is 0 Å². The number of sulfonamides is 1. The van der Waals surface area contributed by atoms with Crippen molar-refractivity contribution in [1.82, 2.24) is 10.0 Å². The molecule has 0 heterocycles. The van der Waals surface area contributed by atoms with Crippen molar-refractivity contribution in [2.24, 2.45) is 0 Å². The molecule has 0 aliphatic heterocycles. The minimum atomic E-state index is -3.75. The van der Waals surface area contributed by atoms with Crippen molar-refractivity contribution < 1.29 is 22.7 Å². The van der Waals surface area contributed by atoms with Crippen molar-refractivity contribution in [3.05, 3.63) is 28.3 Å². The first-order valence-electron chi connectivity index (χ1n) is 9.64. The molecule has 1 aliphatic rings. The number of amides is 1. The van der Waals surface area contributed by atoms with Crippen LogP contribution in [-0.2, 0) is 24.3 Å². The first-order valence-corrected chi connectivity index (χ1v) is 11.1. The van der Waals surface area contributed by atoms with Crippen molar-refractivity contribution in [2.45, 2.75) is 70.7 Å². The lowest BCUT2D eigenvalue weighted by molar-refractivity contribution is -0.148. The van der Waals surface area contributed by atoms with Crippen LogP contribution in [0, 0.1) is 27.7 Å². The monoisotopic (exact) mass is 410 g/mol. The van der Waals surface area contributed by atoms with Crippen molar-refractivity contribution in [2.75, 3.05) is 13.2 Å². The highest BCUT2D eigenvalue weighted by atomic mass is 32.2. The highest BCUT2D eigenvalue weighted by molar-refractivity contribution is 7.89. The Hall–Kier alpha value is -1.93. The largest absolute Gasteiger partial charge is 0.456 e. The molecule has 0 saturated heterocycles. The first kappa shape index (κ1) is 22.4. The fourth-order valence-electron chi connectivity index (χ4n) is 3.50. The molecule has 8 heteroatoms. The van der Waals surface area contributed by atoms with E-state index in [9.17, 15) is 18.0 Å². The third kappa shape index (κ3) is 5.78. The summed E-state index contributed by atoms with van der Waals surface area (Å²) in [6, 6.07) is 2.12. The van der Waals surface area contributed by atoms with E-state index in [0.717, 1.165) is 36.8 Å². The Morgan fingerprint density at radius 1 is 1.07 bits per heavy atom. The number of aryl methyl sites for hydroxylation is 2. The minimum Gasteiger partial charge on any atom is -0.456 e. The zero-order valence-corrected chi connectivity index (χ0v) is 17.9. The van der Waals surface area contributed by atoms with Crippen LogP contribution in [0.3, 0.4) is 0 Å². The Bertz CT molecular complexity index is 816. The molecule has 2 rings (SSSR count). The maximum atomic E-state index is 12.7. The van der Waals surface area contributed by atoms with Gasteiger partial charge in [0, 0.05) is 12.6 Å². The van der Waals surface area contributed by atoms with Crippen LogP contribution >= 0.6 is 0 Å². The second kappa shape index (κ2) is 9.52. The summed E-state index contributed by atoms with van der Waals surface area (Å²) in [4.78, 5) is 23.8. The molecule has 7 nitrogen and oxygen atoms in total. The molecule has 0 unspecified atom stereocenters. The number of carbonyl (C=O) groups excluding carboxylic acids is 2. The molecule has 0 atom stereocenters. The van der Waals surface area contributed by atoms with Gasteiger partial charge in [-0.15, -0.1) is 0 Å². The van der Waals surface area contributed by atoms with Gasteiger partial charge in [0.15, 0.2) is 6.61 Å². The molecule has 0 bridgehead atoms. The van der Waals surface area contributed by atoms with E-state index in [4.69, 9.17) is 4.74 Å². The van der Waals surface area contributed by atoms with Gasteiger partial charge in [0.2, 0.25) is 10.0 Å². The summed E-state index contributed by atoms with van der Waals surface area (Å²) in [6.07, 6.45) is 3.98. The van der Waals surface area contributed by atoms with E-state index in [1.807, 2.05) is 19.9 Å². The highest BCUT2D eigenvalue weighted by Crippen LogP contribution is 2.25. The van der Waals surface area contributed by atoms with Gasteiger partial charge in [-0.1, -0.05) is 18.9 Å². The number of rotatable bonds is 8. The molecular formula is C20H30N2O5S. The van der Waals surface area contributed by atoms with Gasteiger partial charge in [0.05, 0.1) is 11.3 Å². The predicted molar refractivity (Wildman–Crippen MR) is 107 cm³/mol. The van der Waals surface area contributed by atoms with Gasteiger partial charge in [-0.05, 0) is 62.8 Å². The molecule has 1 amide bonds. The average molecular weight is 411 g/mol. The van der Waals surface area contributed by atoms with Crippen LogP contribution in [0.1, 0.15) is 54.4 Å². The van der Waals surface area contributed by atoms with E-state index in [1.54, 1.807) is 13.8 Å². The normalized spacial score (nSPS) is 14.9. The number of hydrogen-bond donors (Lipinski definition) is 2. The number of hydrogen-bond acceptors (Lipinski definition) is 5. The predicted octanol–water partition coefficient (Wildman–Crippen LogP) is 2.19. The van der Waals surface area contributed by atoms with Crippen LogP contribution in [0.15, 0.2) is 11.0 Å². The summed E-state index contributed by atoms with van der Waals surface area (Å²) >= 11 is 0. The quantitative estimate of drug-likeness (QED) is 0.640. The van der Waals surface area contributed by atoms with Gasteiger partial charge in [-0.2, -0.15) is 0 Å². The van der Waals surface area contributed by atoms with Gasteiger partial charge < -0.3 is 10.1 Å². The zero-order valence-electron chi connectivity index (χ0n) is 17.1. The molecule has 1 saturated carbocycles. The van der Waals surface area contributed by atoms with Gasteiger partial charge in [-0.3, -0.25) is 9.59 Å². The SMILES string of the molecule is Cc1cc(C)c(C)c(S(=O)(=O)NCCC(=O)OCC(=O)NC2CCCC2)c1C. The molecule has 0 aromatic heterocycles. The maximum Gasteiger partial charge on any atom is 0.307 e. The van der Waals surface area contributed by atoms with Gasteiger partial charge >= 0.3 is 5.97 Å². The third-order valence-electron chi connectivity index (χ3n) is 5.27. The van der Waals surface area contributed by atoms with E-state index in [0.29, 0.717) is 11.1 Å². The molecular weight excluding hydrogens is 380 g/mol. The summed E-state index contributed by atoms with van der Waals surface area (Å²) in [5, 5.41) is 2.83. The molecule has 0 spiro atoms. The van der Waals surface area contributed by atoms with E-state index in [-0.39, 0.29) is 36.4 Å². The summed E-state index contributed by atoms with van der Waals surface area (Å²) in [5.74, 6) is -0.930. The van der Waals surface area contributed by atoms with E-state index in [2.05, 4.69) is 10.0 Å². The topological polar surface area (TPSA) is 102 Å². The van der Waals surface area contributed by atoms with Crippen LogP contribution in [0.4, 0.5) is 0 Å². The summed E-state index contributed by atoms with van der Waals surface area (Å²) in [7, 11) is -3.75. The Morgan fingerprint density at radius 3 is 2.21 bits per heavy atom. The smallest absolute Gasteiger partial charge is 0.307 e. The fraction of sp³-hybridized carbons (Fsp3) is 0.600. The second-order valence-corrected chi connectivity index (χ2v) is 9.15. The molecule has 1 aliphatic carbocycles. The van der Waals surface area contributed by atoms with E-state index < -0.39 is 16.0 Å². The van der Waals surface area contributed by atoms with Gasteiger partial charge in [-0.25, -0.2) is 13.1 Å². The summed E-state index contributed by atoms with van der Waals surface area (Å²) < 4.78 is 32.8. The Balaban J connectivity index is 1.83. The standard InChI is InChI=1S/C20H30N2O5S/c1-13-11-14(2)16(4)20(15(13)3)28(25,26)21-10-9-19(24)27-12-18(23)22-17-7-5-6-8-17/h11,17,21H,5-10,12H2,1-4H3,(H,22,23). The van der Waals surface area contributed by atoms with Crippen LogP contribution in [-0.4, -0.2) is 39.5 Å². The molecule has 1 aromatic rings. The Kier molecular flexibility index (Phi) is 7.60. The Labute approximate surface area is 167 Å². The number of ether oxygens (including phenoxy) is 1. The number of esters is 1. The third-order valence-corrected chi connectivity index (χ3v) is 7.01. The lowest BCUT2D eigenvalue weighted by Gasteiger charge is -2.16.